The van der Waals surface area contributed by atoms with E-state index in [2.05, 4.69) is 41.8 Å². The summed E-state index contributed by atoms with van der Waals surface area (Å²) in [5.41, 5.74) is 4.18. The van der Waals surface area contributed by atoms with E-state index in [-0.39, 0.29) is 12.4 Å². The van der Waals surface area contributed by atoms with Crippen molar-refractivity contribution in [1.82, 2.24) is 14.9 Å². The lowest BCUT2D eigenvalue weighted by molar-refractivity contribution is 0.203. The number of fused-ring (bicyclic) bond motifs is 1. The number of allylic oxidation sites excluding steroid dienone is 3. The van der Waals surface area contributed by atoms with E-state index in [0.717, 1.165) is 23.9 Å². The summed E-state index contributed by atoms with van der Waals surface area (Å²) in [4.78, 5) is 11.3. The van der Waals surface area contributed by atoms with Crippen molar-refractivity contribution >= 4 is 32.7 Å². The van der Waals surface area contributed by atoms with Gasteiger partial charge in [0.05, 0.1) is 25.8 Å². The second-order valence-corrected chi connectivity index (χ2v) is 9.26. The van der Waals surface area contributed by atoms with Crippen molar-refractivity contribution in [1.29, 1.82) is 0 Å². The predicted molar refractivity (Wildman–Crippen MR) is 137 cm³/mol. The first kappa shape index (κ1) is 24.5. The van der Waals surface area contributed by atoms with E-state index in [9.17, 15) is 4.39 Å². The minimum atomic E-state index is -0.345. The molecule has 1 aliphatic carbocycles. The second-order valence-electron chi connectivity index (χ2n) is 8.34. The first-order chi connectivity index (χ1) is 16.6. The first-order valence-electron chi connectivity index (χ1n) is 11.7. The molecule has 0 amide bonds. The van der Waals surface area contributed by atoms with Crippen molar-refractivity contribution in [3.63, 3.8) is 0 Å². The van der Waals surface area contributed by atoms with E-state index in [1.807, 2.05) is 18.2 Å². The van der Waals surface area contributed by atoms with Crippen molar-refractivity contribution in [2.24, 2.45) is 0 Å². The number of anilines is 1. The molecular formula is C26H30BrFN4O2. The number of methoxy groups -OCH3 is 1. The largest absolute Gasteiger partial charge is 0.493 e. The average molecular weight is 529 g/mol. The van der Waals surface area contributed by atoms with Crippen molar-refractivity contribution in [2.75, 3.05) is 45.2 Å². The number of hydrogen-bond donors (Lipinski definition) is 1. The third-order valence-corrected chi connectivity index (χ3v) is 6.49. The van der Waals surface area contributed by atoms with E-state index in [1.54, 1.807) is 13.2 Å². The lowest BCUT2D eigenvalue weighted by atomic mass is 10.1. The molecule has 2 heterocycles. The van der Waals surface area contributed by atoms with Crippen LogP contribution in [0, 0.1) is 0 Å². The lowest BCUT2D eigenvalue weighted by Gasteiger charge is -2.26. The molecule has 8 heteroatoms. The van der Waals surface area contributed by atoms with Gasteiger partial charge in [-0.15, -0.1) is 5.73 Å². The van der Waals surface area contributed by atoms with E-state index < -0.39 is 0 Å². The van der Waals surface area contributed by atoms with Crippen LogP contribution in [-0.2, 0) is 0 Å². The van der Waals surface area contributed by atoms with Crippen LogP contribution < -0.4 is 14.8 Å². The van der Waals surface area contributed by atoms with E-state index in [1.165, 1.54) is 44.8 Å². The Morgan fingerprint density at radius 2 is 2.03 bits per heavy atom. The van der Waals surface area contributed by atoms with Crippen molar-refractivity contribution < 1.29 is 13.9 Å². The molecule has 180 valence electrons. The molecule has 34 heavy (non-hydrogen) atoms. The summed E-state index contributed by atoms with van der Waals surface area (Å²) < 4.78 is 26.9. The number of piperidine rings is 1. The van der Waals surface area contributed by atoms with E-state index >= 15 is 0 Å². The fraction of sp³-hybridized carbons (Fsp3) is 0.423. The Balaban J connectivity index is 1.45. The maximum absolute atomic E-state index is 14.6. The number of nitrogens with one attached hydrogen (secondary N) is 1. The van der Waals surface area contributed by atoms with Gasteiger partial charge >= 0.3 is 0 Å². The molecule has 1 aromatic carbocycles. The summed E-state index contributed by atoms with van der Waals surface area (Å²) in [5.74, 6) is 1.53. The van der Waals surface area contributed by atoms with Crippen molar-refractivity contribution in [2.45, 2.75) is 32.1 Å². The van der Waals surface area contributed by atoms with Crippen LogP contribution in [0.2, 0.25) is 0 Å². The summed E-state index contributed by atoms with van der Waals surface area (Å²) in [6.07, 6.45) is 12.2. The first-order valence-corrected chi connectivity index (χ1v) is 12.5. The standard InChI is InChI=1S/C26H30BrFN4O2/c1-33-24-15-21-23(16-25(24)34-13-7-12-32-10-5-2-6-11-32)30-18-31-26(21)29-17-19-8-3-4-9-20(27)14-22(19)28/h3,9,14-16,18H,2,4-7,10-13,17H2,1H3,(H,29,30,31)/b20-9+,22-14?. The topological polar surface area (TPSA) is 59.5 Å². The molecule has 0 bridgehead atoms. The Morgan fingerprint density at radius 1 is 1.18 bits per heavy atom. The summed E-state index contributed by atoms with van der Waals surface area (Å²) in [7, 11) is 1.62. The van der Waals surface area contributed by atoms with Gasteiger partial charge in [0.1, 0.15) is 18.0 Å². The molecule has 1 N–H and O–H groups in total. The fourth-order valence-corrected chi connectivity index (χ4v) is 4.52. The van der Waals surface area contributed by atoms with Gasteiger partial charge in [0.2, 0.25) is 0 Å². The molecule has 6 nitrogen and oxygen atoms in total. The number of aromatic nitrogens is 2. The number of ether oxygens (including phenoxy) is 2. The van der Waals surface area contributed by atoms with Gasteiger partial charge in [0.25, 0.3) is 0 Å². The Kier molecular flexibility index (Phi) is 8.74. The molecule has 2 aromatic rings. The fourth-order valence-electron chi connectivity index (χ4n) is 4.13. The van der Waals surface area contributed by atoms with Gasteiger partial charge in [-0.2, -0.15) is 0 Å². The predicted octanol–water partition coefficient (Wildman–Crippen LogP) is 5.92. The zero-order valence-corrected chi connectivity index (χ0v) is 21.0. The van der Waals surface area contributed by atoms with Crippen LogP contribution in [0.3, 0.4) is 0 Å². The van der Waals surface area contributed by atoms with E-state index in [0.29, 0.717) is 40.4 Å². The Bertz CT molecular complexity index is 1140. The molecule has 1 aliphatic heterocycles. The minimum absolute atomic E-state index is 0.238. The minimum Gasteiger partial charge on any atom is -0.493 e. The van der Waals surface area contributed by atoms with Gasteiger partial charge in [-0.1, -0.05) is 28.4 Å². The third kappa shape index (κ3) is 6.47. The SMILES string of the molecule is COc1cc2c(NCC3=C=CC/C=C(/Br)C=C3F)ncnc2cc1OCCCN1CCCCC1. The van der Waals surface area contributed by atoms with E-state index in [4.69, 9.17) is 9.47 Å². The summed E-state index contributed by atoms with van der Waals surface area (Å²) >= 11 is 3.35. The molecule has 0 spiro atoms. The van der Waals surface area contributed by atoms with Crippen LogP contribution in [0.15, 0.2) is 58.3 Å². The highest BCUT2D eigenvalue weighted by Crippen LogP contribution is 2.34. The highest BCUT2D eigenvalue weighted by atomic mass is 79.9. The number of likely N-dealkylation sites (tertiary alicyclic amines) is 1. The van der Waals surface area contributed by atoms with Crippen LogP contribution in [0.1, 0.15) is 32.1 Å². The van der Waals surface area contributed by atoms with Gasteiger partial charge in [-0.25, -0.2) is 14.4 Å². The van der Waals surface area contributed by atoms with Crippen molar-refractivity contribution in [3.8, 4) is 11.5 Å². The number of hydrogen-bond acceptors (Lipinski definition) is 6. The molecule has 2 aliphatic rings. The summed E-state index contributed by atoms with van der Waals surface area (Å²) in [6.45, 7) is 4.28. The van der Waals surface area contributed by atoms with Crippen LogP contribution >= 0.6 is 15.9 Å². The van der Waals surface area contributed by atoms with Crippen LogP contribution in [0.25, 0.3) is 10.9 Å². The molecule has 1 aromatic heterocycles. The molecule has 0 saturated carbocycles. The molecule has 0 unspecified atom stereocenters. The second kappa shape index (κ2) is 12.2. The Hall–Kier alpha value is -2.67. The highest BCUT2D eigenvalue weighted by molar-refractivity contribution is 9.11. The molecule has 0 radical (unpaired) electrons. The van der Waals surface area contributed by atoms with Crippen molar-refractivity contribution in [3.05, 3.63) is 58.3 Å². The number of halogens is 2. The van der Waals surface area contributed by atoms with Gasteiger partial charge in [0.15, 0.2) is 11.5 Å². The number of rotatable bonds is 9. The van der Waals surface area contributed by atoms with Crippen LogP contribution in [0.4, 0.5) is 10.2 Å². The highest BCUT2D eigenvalue weighted by Gasteiger charge is 2.14. The Morgan fingerprint density at radius 3 is 2.85 bits per heavy atom. The normalized spacial score (nSPS) is 18.4. The Labute approximate surface area is 208 Å². The zero-order chi connectivity index (χ0) is 23.8. The van der Waals surface area contributed by atoms with Gasteiger partial charge in [0, 0.05) is 28.1 Å². The molecule has 4 rings (SSSR count). The van der Waals surface area contributed by atoms with Crippen LogP contribution in [-0.4, -0.2) is 54.8 Å². The number of nitrogens with zero attached hydrogens (tertiary/aromatic N) is 3. The zero-order valence-electron chi connectivity index (χ0n) is 19.4. The molecule has 1 fully saturated rings. The smallest absolute Gasteiger partial charge is 0.163 e. The maximum Gasteiger partial charge on any atom is 0.163 e. The molecule has 0 atom stereocenters. The van der Waals surface area contributed by atoms with Gasteiger partial charge in [-0.05, 0) is 57.0 Å². The number of benzene rings is 1. The lowest BCUT2D eigenvalue weighted by Crippen LogP contribution is -2.31. The summed E-state index contributed by atoms with van der Waals surface area (Å²) in [5, 5.41) is 4.00. The van der Waals surface area contributed by atoms with Gasteiger partial charge < -0.3 is 19.7 Å². The van der Waals surface area contributed by atoms with Gasteiger partial charge in [-0.3, -0.25) is 0 Å². The van der Waals surface area contributed by atoms with Crippen LogP contribution in [0.5, 0.6) is 11.5 Å². The maximum atomic E-state index is 14.6. The molecular weight excluding hydrogens is 499 g/mol. The average Bonchev–Trinajstić information content (AvgIpc) is 2.85. The third-order valence-electron chi connectivity index (χ3n) is 5.94. The monoisotopic (exact) mass is 528 g/mol. The summed E-state index contributed by atoms with van der Waals surface area (Å²) in [6, 6.07) is 3.74. The quantitative estimate of drug-likeness (QED) is 0.322. The molecule has 1 saturated heterocycles.